The third-order valence-electron chi connectivity index (χ3n) is 3.50. The highest BCUT2D eigenvalue weighted by Crippen LogP contribution is 2.30. The van der Waals surface area contributed by atoms with E-state index in [1.54, 1.807) is 11.8 Å². The molecule has 5 heteroatoms. The Balaban J connectivity index is 1.48. The summed E-state index contributed by atoms with van der Waals surface area (Å²) in [5.74, 6) is 1.48. The van der Waals surface area contributed by atoms with E-state index in [1.165, 1.54) is 0 Å². The highest BCUT2D eigenvalue weighted by Gasteiger charge is 2.22. The van der Waals surface area contributed by atoms with Gasteiger partial charge in [0.05, 0.1) is 11.8 Å². The van der Waals surface area contributed by atoms with E-state index in [-0.39, 0.29) is 17.3 Å². The van der Waals surface area contributed by atoms with Gasteiger partial charge in [-0.25, -0.2) is 0 Å². The van der Waals surface area contributed by atoms with Crippen LogP contribution in [0.25, 0.3) is 0 Å². The van der Waals surface area contributed by atoms with Gasteiger partial charge in [0.15, 0.2) is 11.5 Å². The van der Waals surface area contributed by atoms with Gasteiger partial charge in [-0.2, -0.15) is 0 Å². The number of hydrogen-bond donors (Lipinski definition) is 1. The van der Waals surface area contributed by atoms with Gasteiger partial charge >= 0.3 is 0 Å². The number of fused-ring (bicyclic) bond motifs is 1. The SMILES string of the molecule is C[C@H](Sc1ccccc1)C(=O)NC[C@@H]1COc2ccccc2O1. The smallest absolute Gasteiger partial charge is 0.233 e. The zero-order chi connectivity index (χ0) is 16.1. The molecule has 23 heavy (non-hydrogen) atoms. The third-order valence-corrected chi connectivity index (χ3v) is 4.61. The van der Waals surface area contributed by atoms with Crippen molar-refractivity contribution >= 4 is 17.7 Å². The Labute approximate surface area is 140 Å². The van der Waals surface area contributed by atoms with Crippen LogP contribution in [-0.2, 0) is 4.79 Å². The Morgan fingerprint density at radius 3 is 2.65 bits per heavy atom. The second kappa shape index (κ2) is 7.42. The molecule has 0 bridgehead atoms. The van der Waals surface area contributed by atoms with Gasteiger partial charge in [-0.05, 0) is 31.2 Å². The molecule has 0 aliphatic carbocycles. The largest absolute Gasteiger partial charge is 0.486 e. The van der Waals surface area contributed by atoms with Gasteiger partial charge in [0.2, 0.25) is 5.91 Å². The molecule has 120 valence electrons. The fraction of sp³-hybridized carbons (Fsp3) is 0.278. The summed E-state index contributed by atoms with van der Waals surface area (Å²) < 4.78 is 11.5. The summed E-state index contributed by atoms with van der Waals surface area (Å²) in [6.07, 6.45) is -0.164. The Kier molecular flexibility index (Phi) is 5.08. The van der Waals surface area contributed by atoms with E-state index in [2.05, 4.69) is 5.32 Å². The van der Waals surface area contributed by atoms with Crippen LogP contribution in [0, 0.1) is 0 Å². The molecular formula is C18H19NO3S. The van der Waals surface area contributed by atoms with E-state index in [0.29, 0.717) is 13.2 Å². The van der Waals surface area contributed by atoms with E-state index < -0.39 is 0 Å². The van der Waals surface area contributed by atoms with Crippen LogP contribution in [0.2, 0.25) is 0 Å². The molecule has 1 aliphatic rings. The molecule has 0 radical (unpaired) electrons. The molecule has 2 aromatic rings. The number of carbonyl (C=O) groups is 1. The molecule has 0 unspecified atom stereocenters. The summed E-state index contributed by atoms with van der Waals surface area (Å²) in [6.45, 7) is 2.78. The average molecular weight is 329 g/mol. The van der Waals surface area contributed by atoms with E-state index in [9.17, 15) is 4.79 Å². The lowest BCUT2D eigenvalue weighted by Gasteiger charge is -2.26. The standard InChI is InChI=1S/C18H19NO3S/c1-13(23-15-7-3-2-4-8-15)18(20)19-11-14-12-21-16-9-5-6-10-17(16)22-14/h2-10,13-14H,11-12H2,1H3,(H,19,20)/t13-,14+/m0/s1. The van der Waals surface area contributed by atoms with E-state index in [0.717, 1.165) is 16.4 Å². The summed E-state index contributed by atoms with van der Waals surface area (Å²) in [4.78, 5) is 13.3. The second-order valence-electron chi connectivity index (χ2n) is 5.32. The summed E-state index contributed by atoms with van der Waals surface area (Å²) in [7, 11) is 0. The average Bonchev–Trinajstić information content (AvgIpc) is 2.60. The van der Waals surface area contributed by atoms with Crippen molar-refractivity contribution < 1.29 is 14.3 Å². The van der Waals surface area contributed by atoms with Crippen molar-refractivity contribution in [2.75, 3.05) is 13.2 Å². The van der Waals surface area contributed by atoms with Crippen molar-refractivity contribution in [1.29, 1.82) is 0 Å². The van der Waals surface area contributed by atoms with Crippen LogP contribution in [-0.4, -0.2) is 30.4 Å². The van der Waals surface area contributed by atoms with Gasteiger partial charge in [-0.15, -0.1) is 11.8 Å². The van der Waals surface area contributed by atoms with Gasteiger partial charge in [0.25, 0.3) is 0 Å². The van der Waals surface area contributed by atoms with Crippen molar-refractivity contribution in [3.05, 3.63) is 54.6 Å². The number of hydrogen-bond acceptors (Lipinski definition) is 4. The topological polar surface area (TPSA) is 47.6 Å². The van der Waals surface area contributed by atoms with Crippen LogP contribution in [0.1, 0.15) is 6.92 Å². The van der Waals surface area contributed by atoms with Gasteiger partial charge in [0.1, 0.15) is 12.7 Å². The lowest BCUT2D eigenvalue weighted by atomic mass is 10.2. The van der Waals surface area contributed by atoms with Crippen LogP contribution < -0.4 is 14.8 Å². The van der Waals surface area contributed by atoms with Crippen molar-refractivity contribution in [2.24, 2.45) is 0 Å². The molecule has 2 aromatic carbocycles. The fourth-order valence-electron chi connectivity index (χ4n) is 2.28. The Morgan fingerprint density at radius 1 is 1.17 bits per heavy atom. The highest BCUT2D eigenvalue weighted by molar-refractivity contribution is 8.00. The molecule has 1 N–H and O–H groups in total. The van der Waals surface area contributed by atoms with Crippen LogP contribution in [0.4, 0.5) is 0 Å². The lowest BCUT2D eigenvalue weighted by Crippen LogP contribution is -2.42. The number of ether oxygens (including phenoxy) is 2. The normalized spacial score (nSPS) is 17.3. The molecule has 3 rings (SSSR count). The molecule has 0 aromatic heterocycles. The number of carbonyl (C=O) groups excluding carboxylic acids is 1. The molecule has 4 nitrogen and oxygen atoms in total. The Bertz CT molecular complexity index is 662. The molecule has 2 atom stereocenters. The number of nitrogens with one attached hydrogen (secondary N) is 1. The van der Waals surface area contributed by atoms with Gasteiger partial charge in [-0.3, -0.25) is 4.79 Å². The van der Waals surface area contributed by atoms with E-state index in [1.807, 2.05) is 61.5 Å². The number of benzene rings is 2. The second-order valence-corrected chi connectivity index (χ2v) is 6.73. The number of thioether (sulfide) groups is 1. The maximum Gasteiger partial charge on any atom is 0.233 e. The monoisotopic (exact) mass is 329 g/mol. The number of rotatable bonds is 5. The van der Waals surface area contributed by atoms with Crippen LogP contribution >= 0.6 is 11.8 Å². The summed E-state index contributed by atoms with van der Waals surface area (Å²) >= 11 is 1.54. The first-order chi connectivity index (χ1) is 11.2. The Hall–Kier alpha value is -2.14. The van der Waals surface area contributed by atoms with Crippen molar-refractivity contribution in [3.8, 4) is 11.5 Å². The lowest BCUT2D eigenvalue weighted by molar-refractivity contribution is -0.120. The maximum atomic E-state index is 12.2. The minimum atomic E-state index is -0.164. The molecule has 1 amide bonds. The van der Waals surface area contributed by atoms with Crippen LogP contribution in [0.5, 0.6) is 11.5 Å². The van der Waals surface area contributed by atoms with Crippen molar-refractivity contribution in [1.82, 2.24) is 5.32 Å². The minimum absolute atomic E-state index is 0.00121. The molecular weight excluding hydrogens is 310 g/mol. The zero-order valence-corrected chi connectivity index (χ0v) is 13.7. The molecule has 1 aliphatic heterocycles. The maximum absolute atomic E-state index is 12.2. The predicted octanol–water partition coefficient (Wildman–Crippen LogP) is 3.12. The van der Waals surface area contributed by atoms with E-state index >= 15 is 0 Å². The summed E-state index contributed by atoms with van der Waals surface area (Å²) in [6, 6.07) is 17.5. The van der Waals surface area contributed by atoms with Gasteiger partial charge in [-0.1, -0.05) is 30.3 Å². The molecule has 0 fully saturated rings. The van der Waals surface area contributed by atoms with Crippen molar-refractivity contribution in [3.63, 3.8) is 0 Å². The fourth-order valence-corrected chi connectivity index (χ4v) is 3.19. The summed E-state index contributed by atoms with van der Waals surface area (Å²) in [5, 5.41) is 2.78. The van der Waals surface area contributed by atoms with E-state index in [4.69, 9.17) is 9.47 Å². The Morgan fingerprint density at radius 2 is 1.87 bits per heavy atom. The molecule has 0 saturated heterocycles. The first kappa shape index (κ1) is 15.7. The predicted molar refractivity (Wildman–Crippen MR) is 91.1 cm³/mol. The highest BCUT2D eigenvalue weighted by atomic mass is 32.2. The first-order valence-electron chi connectivity index (χ1n) is 7.60. The quantitative estimate of drug-likeness (QED) is 0.856. The van der Waals surface area contributed by atoms with Gasteiger partial charge in [0, 0.05) is 4.90 Å². The number of amides is 1. The van der Waals surface area contributed by atoms with Gasteiger partial charge < -0.3 is 14.8 Å². The summed E-state index contributed by atoms with van der Waals surface area (Å²) in [5.41, 5.74) is 0. The first-order valence-corrected chi connectivity index (χ1v) is 8.48. The zero-order valence-electron chi connectivity index (χ0n) is 12.9. The number of para-hydroxylation sites is 2. The molecule has 0 saturated carbocycles. The van der Waals surface area contributed by atoms with Crippen molar-refractivity contribution in [2.45, 2.75) is 23.2 Å². The molecule has 1 heterocycles. The van der Waals surface area contributed by atoms with Crippen LogP contribution in [0.3, 0.4) is 0 Å². The third kappa shape index (κ3) is 4.20. The molecule has 0 spiro atoms. The van der Waals surface area contributed by atoms with Crippen LogP contribution in [0.15, 0.2) is 59.5 Å². The minimum Gasteiger partial charge on any atom is -0.486 e.